The molecule has 25 heavy (non-hydrogen) atoms. The first-order valence-electron chi connectivity index (χ1n) is 8.64. The molecule has 0 spiro atoms. The highest BCUT2D eigenvalue weighted by molar-refractivity contribution is 5.88. The minimum Gasteiger partial charge on any atom is -0.339 e. The van der Waals surface area contributed by atoms with Crippen molar-refractivity contribution in [2.24, 2.45) is 5.92 Å². The molecule has 4 rings (SSSR count). The normalized spacial score (nSPS) is 19.9. The molecule has 1 aliphatic heterocycles. The minimum atomic E-state index is -0.296. The Balaban J connectivity index is 1.27. The quantitative estimate of drug-likeness (QED) is 0.874. The SMILES string of the molecule is O=C(NC[C@@H]1CC(=O)N(C2CC2)C1)Nc1ccn(-c2ccccc2)n1. The zero-order valence-electron chi connectivity index (χ0n) is 13.9. The molecule has 0 radical (unpaired) electrons. The summed E-state index contributed by atoms with van der Waals surface area (Å²) < 4.78 is 1.71. The summed E-state index contributed by atoms with van der Waals surface area (Å²) in [4.78, 5) is 25.9. The average molecular weight is 339 g/mol. The average Bonchev–Trinajstić information content (AvgIpc) is 3.24. The maximum Gasteiger partial charge on any atom is 0.320 e. The van der Waals surface area contributed by atoms with E-state index in [0.717, 1.165) is 25.1 Å². The van der Waals surface area contributed by atoms with Gasteiger partial charge in [0.15, 0.2) is 5.82 Å². The summed E-state index contributed by atoms with van der Waals surface area (Å²) in [5.74, 6) is 0.903. The van der Waals surface area contributed by atoms with E-state index in [0.29, 0.717) is 24.8 Å². The molecule has 130 valence electrons. The lowest BCUT2D eigenvalue weighted by Gasteiger charge is -2.15. The number of nitrogens with one attached hydrogen (secondary N) is 2. The van der Waals surface area contributed by atoms with Crippen LogP contribution in [-0.2, 0) is 4.79 Å². The van der Waals surface area contributed by atoms with Gasteiger partial charge in [-0.2, -0.15) is 0 Å². The van der Waals surface area contributed by atoms with Gasteiger partial charge in [0.05, 0.1) is 5.69 Å². The zero-order valence-corrected chi connectivity index (χ0v) is 13.9. The largest absolute Gasteiger partial charge is 0.339 e. The van der Waals surface area contributed by atoms with Gasteiger partial charge in [-0.25, -0.2) is 9.48 Å². The van der Waals surface area contributed by atoms with E-state index in [2.05, 4.69) is 15.7 Å². The van der Waals surface area contributed by atoms with Crippen LogP contribution in [0.3, 0.4) is 0 Å². The third-order valence-electron chi connectivity index (χ3n) is 4.63. The van der Waals surface area contributed by atoms with Crippen LogP contribution in [0, 0.1) is 5.92 Å². The van der Waals surface area contributed by atoms with Crippen molar-refractivity contribution in [2.75, 3.05) is 18.4 Å². The summed E-state index contributed by atoms with van der Waals surface area (Å²) in [5, 5.41) is 9.92. The van der Waals surface area contributed by atoms with E-state index in [9.17, 15) is 9.59 Å². The number of amides is 3. The fourth-order valence-corrected chi connectivity index (χ4v) is 3.20. The summed E-state index contributed by atoms with van der Waals surface area (Å²) in [6.07, 6.45) is 4.57. The molecular weight excluding hydrogens is 318 g/mol. The summed E-state index contributed by atoms with van der Waals surface area (Å²) in [6, 6.07) is 11.6. The first-order chi connectivity index (χ1) is 12.2. The van der Waals surface area contributed by atoms with Gasteiger partial charge in [-0.1, -0.05) is 18.2 Å². The van der Waals surface area contributed by atoms with Gasteiger partial charge in [0.2, 0.25) is 5.91 Å². The number of nitrogens with zero attached hydrogens (tertiary/aromatic N) is 3. The van der Waals surface area contributed by atoms with E-state index in [1.165, 1.54) is 0 Å². The molecule has 2 N–H and O–H groups in total. The van der Waals surface area contributed by atoms with Gasteiger partial charge in [-0.3, -0.25) is 10.1 Å². The lowest BCUT2D eigenvalue weighted by molar-refractivity contribution is -0.128. The highest BCUT2D eigenvalue weighted by atomic mass is 16.2. The number of rotatable bonds is 5. The summed E-state index contributed by atoms with van der Waals surface area (Å²) in [5.41, 5.74) is 0.931. The molecule has 3 amide bonds. The molecule has 7 heteroatoms. The Kier molecular flexibility index (Phi) is 4.13. The molecule has 0 bridgehead atoms. The lowest BCUT2D eigenvalue weighted by Crippen LogP contribution is -2.34. The summed E-state index contributed by atoms with van der Waals surface area (Å²) in [6.45, 7) is 1.26. The fourth-order valence-electron chi connectivity index (χ4n) is 3.20. The molecule has 2 aliphatic rings. The number of hydrogen-bond donors (Lipinski definition) is 2. The molecule has 1 aliphatic carbocycles. The van der Waals surface area contributed by atoms with Crippen molar-refractivity contribution in [1.82, 2.24) is 20.0 Å². The van der Waals surface area contributed by atoms with Crippen LogP contribution in [0.5, 0.6) is 0 Å². The number of carbonyl (C=O) groups is 2. The van der Waals surface area contributed by atoms with Gasteiger partial charge in [0.25, 0.3) is 0 Å². The molecule has 1 saturated heterocycles. The number of para-hydroxylation sites is 1. The molecule has 2 heterocycles. The monoisotopic (exact) mass is 339 g/mol. The first kappa shape index (κ1) is 15.7. The number of hydrogen-bond acceptors (Lipinski definition) is 3. The summed E-state index contributed by atoms with van der Waals surface area (Å²) in [7, 11) is 0. The predicted molar refractivity (Wildman–Crippen MR) is 93.4 cm³/mol. The second-order valence-electron chi connectivity index (χ2n) is 6.66. The van der Waals surface area contributed by atoms with Gasteiger partial charge in [-0.15, -0.1) is 5.10 Å². The van der Waals surface area contributed by atoms with E-state index in [4.69, 9.17) is 0 Å². The van der Waals surface area contributed by atoms with Crippen LogP contribution < -0.4 is 10.6 Å². The van der Waals surface area contributed by atoms with Crippen molar-refractivity contribution in [2.45, 2.75) is 25.3 Å². The molecule has 1 aromatic carbocycles. The Morgan fingerprint density at radius 3 is 2.76 bits per heavy atom. The van der Waals surface area contributed by atoms with Crippen LogP contribution in [0.15, 0.2) is 42.6 Å². The van der Waals surface area contributed by atoms with E-state index < -0.39 is 0 Å². The van der Waals surface area contributed by atoms with Crippen LogP contribution in [0.2, 0.25) is 0 Å². The Hall–Kier alpha value is -2.83. The molecule has 1 atom stereocenters. The molecule has 1 saturated carbocycles. The van der Waals surface area contributed by atoms with Crippen molar-refractivity contribution in [3.05, 3.63) is 42.6 Å². The van der Waals surface area contributed by atoms with Crippen LogP contribution in [0.25, 0.3) is 5.69 Å². The second-order valence-corrected chi connectivity index (χ2v) is 6.66. The Bertz CT molecular complexity index is 769. The number of benzene rings is 1. The zero-order chi connectivity index (χ0) is 17.2. The Labute approximate surface area is 146 Å². The third kappa shape index (κ3) is 3.65. The lowest BCUT2D eigenvalue weighted by atomic mass is 10.1. The van der Waals surface area contributed by atoms with Gasteiger partial charge in [0, 0.05) is 43.7 Å². The molecule has 2 fully saturated rings. The number of urea groups is 1. The molecule has 7 nitrogen and oxygen atoms in total. The van der Waals surface area contributed by atoms with Crippen LogP contribution in [-0.4, -0.2) is 45.8 Å². The molecule has 2 aromatic rings. The number of anilines is 1. The maximum absolute atomic E-state index is 12.1. The van der Waals surface area contributed by atoms with E-state index in [1.54, 1.807) is 16.9 Å². The number of carbonyl (C=O) groups excluding carboxylic acids is 2. The van der Waals surface area contributed by atoms with Gasteiger partial charge >= 0.3 is 6.03 Å². The van der Waals surface area contributed by atoms with Crippen LogP contribution >= 0.6 is 0 Å². The second kappa shape index (κ2) is 6.58. The van der Waals surface area contributed by atoms with Crippen molar-refractivity contribution < 1.29 is 9.59 Å². The molecule has 1 aromatic heterocycles. The van der Waals surface area contributed by atoms with E-state index in [-0.39, 0.29) is 17.9 Å². The van der Waals surface area contributed by atoms with E-state index >= 15 is 0 Å². The van der Waals surface area contributed by atoms with E-state index in [1.807, 2.05) is 35.2 Å². The fraction of sp³-hybridized carbons (Fsp3) is 0.389. The Morgan fingerprint density at radius 1 is 1.20 bits per heavy atom. The summed E-state index contributed by atoms with van der Waals surface area (Å²) >= 11 is 0. The highest BCUT2D eigenvalue weighted by Crippen LogP contribution is 2.32. The van der Waals surface area contributed by atoms with Gasteiger partial charge < -0.3 is 10.2 Å². The Morgan fingerprint density at radius 2 is 2.00 bits per heavy atom. The van der Waals surface area contributed by atoms with Gasteiger partial charge in [-0.05, 0) is 25.0 Å². The number of likely N-dealkylation sites (tertiary alicyclic amines) is 1. The third-order valence-corrected chi connectivity index (χ3v) is 4.63. The topological polar surface area (TPSA) is 79.3 Å². The van der Waals surface area contributed by atoms with Crippen molar-refractivity contribution in [1.29, 1.82) is 0 Å². The van der Waals surface area contributed by atoms with Gasteiger partial charge in [0.1, 0.15) is 0 Å². The van der Waals surface area contributed by atoms with Crippen molar-refractivity contribution in [3.8, 4) is 5.69 Å². The molecular formula is C18H21N5O2. The first-order valence-corrected chi connectivity index (χ1v) is 8.64. The highest BCUT2D eigenvalue weighted by Gasteiger charge is 2.39. The smallest absolute Gasteiger partial charge is 0.320 e. The van der Waals surface area contributed by atoms with Crippen LogP contribution in [0.1, 0.15) is 19.3 Å². The predicted octanol–water partition coefficient (Wildman–Crippen LogP) is 2.00. The molecule has 0 unspecified atom stereocenters. The van der Waals surface area contributed by atoms with Crippen molar-refractivity contribution >= 4 is 17.8 Å². The maximum atomic E-state index is 12.1. The van der Waals surface area contributed by atoms with Crippen molar-refractivity contribution in [3.63, 3.8) is 0 Å². The minimum absolute atomic E-state index is 0.195. The van der Waals surface area contributed by atoms with Crippen LogP contribution in [0.4, 0.5) is 10.6 Å². The number of aromatic nitrogens is 2. The standard InChI is InChI=1S/C18H21N5O2/c24-17-10-13(12-22(17)14-6-7-14)11-19-18(25)20-16-8-9-23(21-16)15-4-2-1-3-5-15/h1-5,8-9,13-14H,6-7,10-12H2,(H2,19,20,21,25)/t13-/m0/s1.